The summed E-state index contributed by atoms with van der Waals surface area (Å²) in [4.78, 5) is 11.9. The summed E-state index contributed by atoms with van der Waals surface area (Å²) in [6, 6.07) is 10.7. The molecular weight excluding hydrogens is 242 g/mol. The van der Waals surface area contributed by atoms with Gasteiger partial charge >= 0.3 is 0 Å². The van der Waals surface area contributed by atoms with Crippen LogP contribution in [0.25, 0.3) is 0 Å². The molecule has 19 heavy (non-hydrogen) atoms. The smallest absolute Gasteiger partial charge is 0.259 e. The molecule has 1 unspecified atom stereocenters. The molecule has 1 aliphatic rings. The van der Waals surface area contributed by atoms with E-state index in [-0.39, 0.29) is 0 Å². The molecule has 1 fully saturated rings. The van der Waals surface area contributed by atoms with Crippen LogP contribution in [-0.4, -0.2) is 21.2 Å². The SMILES string of the molecule is O=C(Nc1cc(C2CC2)[nH]n1)C(O)c1ccccc1. The number of carbonyl (C=O) groups is 1. The monoisotopic (exact) mass is 257 g/mol. The van der Waals surface area contributed by atoms with Gasteiger partial charge in [-0.2, -0.15) is 5.10 Å². The second-order valence-corrected chi connectivity index (χ2v) is 4.79. The van der Waals surface area contributed by atoms with E-state index in [2.05, 4.69) is 15.5 Å². The van der Waals surface area contributed by atoms with Crippen LogP contribution in [0.5, 0.6) is 0 Å². The fraction of sp³-hybridized carbons (Fsp3) is 0.286. The van der Waals surface area contributed by atoms with Crippen LogP contribution >= 0.6 is 0 Å². The second kappa shape index (κ2) is 4.85. The van der Waals surface area contributed by atoms with Crippen LogP contribution < -0.4 is 5.32 Å². The molecule has 1 aromatic carbocycles. The lowest BCUT2D eigenvalue weighted by Gasteiger charge is -2.09. The third-order valence-corrected chi connectivity index (χ3v) is 3.23. The Morgan fingerprint density at radius 3 is 2.79 bits per heavy atom. The van der Waals surface area contributed by atoms with Crippen molar-refractivity contribution >= 4 is 11.7 Å². The molecule has 0 spiro atoms. The van der Waals surface area contributed by atoms with Crippen molar-refractivity contribution in [1.29, 1.82) is 0 Å². The first-order valence-corrected chi connectivity index (χ1v) is 6.33. The average molecular weight is 257 g/mol. The predicted molar refractivity (Wildman–Crippen MR) is 70.6 cm³/mol. The lowest BCUT2D eigenvalue weighted by molar-refractivity contribution is -0.124. The van der Waals surface area contributed by atoms with Gasteiger partial charge in [0, 0.05) is 17.7 Å². The predicted octanol–water partition coefficient (Wildman–Crippen LogP) is 1.96. The number of H-pyrrole nitrogens is 1. The van der Waals surface area contributed by atoms with E-state index in [1.807, 2.05) is 12.1 Å². The molecule has 1 saturated carbocycles. The topological polar surface area (TPSA) is 78.0 Å². The molecule has 98 valence electrons. The molecule has 5 nitrogen and oxygen atoms in total. The maximum Gasteiger partial charge on any atom is 0.259 e. The summed E-state index contributed by atoms with van der Waals surface area (Å²) in [7, 11) is 0. The van der Waals surface area contributed by atoms with Gasteiger partial charge in [-0.3, -0.25) is 9.89 Å². The van der Waals surface area contributed by atoms with E-state index >= 15 is 0 Å². The maximum atomic E-state index is 11.9. The molecule has 0 saturated heterocycles. The zero-order valence-corrected chi connectivity index (χ0v) is 10.3. The fourth-order valence-corrected chi connectivity index (χ4v) is 1.99. The third kappa shape index (κ3) is 2.66. The number of hydrogen-bond donors (Lipinski definition) is 3. The van der Waals surface area contributed by atoms with Crippen LogP contribution in [0.2, 0.25) is 0 Å². The van der Waals surface area contributed by atoms with Gasteiger partial charge in [0.1, 0.15) is 0 Å². The molecule has 1 atom stereocenters. The highest BCUT2D eigenvalue weighted by molar-refractivity contribution is 5.93. The van der Waals surface area contributed by atoms with E-state index in [0.717, 1.165) is 5.69 Å². The zero-order chi connectivity index (χ0) is 13.2. The molecule has 0 bridgehead atoms. The lowest BCUT2D eigenvalue weighted by atomic mass is 10.1. The van der Waals surface area contributed by atoms with Gasteiger partial charge in [-0.05, 0) is 18.4 Å². The van der Waals surface area contributed by atoms with Crippen LogP contribution in [0.3, 0.4) is 0 Å². The Kier molecular flexibility index (Phi) is 3.05. The number of carbonyl (C=O) groups excluding carboxylic acids is 1. The summed E-state index contributed by atoms with van der Waals surface area (Å²) in [6.07, 6.45) is 1.16. The summed E-state index contributed by atoms with van der Waals surface area (Å²) in [5, 5.41) is 19.5. The number of aliphatic hydroxyl groups excluding tert-OH is 1. The Balaban J connectivity index is 1.66. The number of benzene rings is 1. The Labute approximate surface area is 110 Å². The minimum absolute atomic E-state index is 0.460. The number of hydrogen-bond acceptors (Lipinski definition) is 3. The van der Waals surface area contributed by atoms with E-state index in [1.165, 1.54) is 12.8 Å². The molecule has 1 amide bonds. The Hall–Kier alpha value is -2.14. The standard InChI is InChI=1S/C14H15N3O2/c18-13(10-4-2-1-3-5-10)14(19)15-12-8-11(16-17-12)9-6-7-9/h1-5,8-9,13,18H,6-7H2,(H2,15,16,17,19). The van der Waals surface area contributed by atoms with E-state index in [4.69, 9.17) is 0 Å². The molecule has 2 aromatic rings. The highest BCUT2D eigenvalue weighted by Gasteiger charge is 2.26. The zero-order valence-electron chi connectivity index (χ0n) is 10.3. The second-order valence-electron chi connectivity index (χ2n) is 4.79. The Bertz CT molecular complexity index is 575. The molecule has 0 aliphatic heterocycles. The quantitative estimate of drug-likeness (QED) is 0.783. The molecule has 1 heterocycles. The van der Waals surface area contributed by atoms with Crippen molar-refractivity contribution in [3.63, 3.8) is 0 Å². The number of aromatic nitrogens is 2. The van der Waals surface area contributed by atoms with Crippen molar-refractivity contribution in [3.05, 3.63) is 47.7 Å². The number of nitrogens with zero attached hydrogens (tertiary/aromatic N) is 1. The first-order chi connectivity index (χ1) is 9.24. The third-order valence-electron chi connectivity index (χ3n) is 3.23. The molecular formula is C14H15N3O2. The highest BCUT2D eigenvalue weighted by atomic mass is 16.3. The summed E-state index contributed by atoms with van der Waals surface area (Å²) in [5.41, 5.74) is 1.61. The van der Waals surface area contributed by atoms with E-state index < -0.39 is 12.0 Å². The van der Waals surface area contributed by atoms with Crippen molar-refractivity contribution in [1.82, 2.24) is 10.2 Å². The van der Waals surface area contributed by atoms with E-state index in [0.29, 0.717) is 17.3 Å². The van der Waals surface area contributed by atoms with Crippen LogP contribution in [0.1, 0.15) is 36.1 Å². The summed E-state index contributed by atoms with van der Waals surface area (Å²) < 4.78 is 0. The van der Waals surface area contributed by atoms with Crippen LogP contribution in [0, 0.1) is 0 Å². The van der Waals surface area contributed by atoms with Crippen LogP contribution in [0.15, 0.2) is 36.4 Å². The normalized spacial score (nSPS) is 16.1. The van der Waals surface area contributed by atoms with Crippen molar-refractivity contribution in [2.75, 3.05) is 5.32 Å². The van der Waals surface area contributed by atoms with Gasteiger partial charge in [-0.25, -0.2) is 0 Å². The Morgan fingerprint density at radius 2 is 2.11 bits per heavy atom. The van der Waals surface area contributed by atoms with Gasteiger partial charge in [-0.15, -0.1) is 0 Å². The number of rotatable bonds is 4. The fourth-order valence-electron chi connectivity index (χ4n) is 1.99. The minimum Gasteiger partial charge on any atom is -0.378 e. The van der Waals surface area contributed by atoms with Crippen LogP contribution in [0.4, 0.5) is 5.82 Å². The van der Waals surface area contributed by atoms with Gasteiger partial charge in [-0.1, -0.05) is 30.3 Å². The van der Waals surface area contributed by atoms with Gasteiger partial charge < -0.3 is 10.4 Å². The minimum atomic E-state index is -1.18. The summed E-state index contributed by atoms with van der Waals surface area (Å²) >= 11 is 0. The van der Waals surface area contributed by atoms with E-state index in [1.54, 1.807) is 24.3 Å². The molecule has 0 radical (unpaired) electrons. The molecule has 3 N–H and O–H groups in total. The van der Waals surface area contributed by atoms with Gasteiger partial charge in [0.2, 0.25) is 0 Å². The molecule has 1 aliphatic carbocycles. The first-order valence-electron chi connectivity index (χ1n) is 6.33. The molecule has 5 heteroatoms. The van der Waals surface area contributed by atoms with Crippen LogP contribution in [-0.2, 0) is 4.79 Å². The number of aliphatic hydroxyl groups is 1. The van der Waals surface area contributed by atoms with Crippen molar-refractivity contribution < 1.29 is 9.90 Å². The highest BCUT2D eigenvalue weighted by Crippen LogP contribution is 2.39. The van der Waals surface area contributed by atoms with Gasteiger partial charge in [0.15, 0.2) is 11.9 Å². The number of aromatic amines is 1. The number of anilines is 1. The van der Waals surface area contributed by atoms with Crippen molar-refractivity contribution in [3.8, 4) is 0 Å². The Morgan fingerprint density at radius 1 is 1.37 bits per heavy atom. The average Bonchev–Trinajstić information content (AvgIpc) is 3.20. The molecule has 3 rings (SSSR count). The molecule has 1 aromatic heterocycles. The summed E-state index contributed by atoms with van der Waals surface area (Å²) in [5.74, 6) is 0.541. The largest absolute Gasteiger partial charge is 0.378 e. The van der Waals surface area contributed by atoms with Gasteiger partial charge in [0.05, 0.1) is 0 Å². The lowest BCUT2D eigenvalue weighted by Crippen LogP contribution is -2.20. The van der Waals surface area contributed by atoms with Gasteiger partial charge in [0.25, 0.3) is 5.91 Å². The van der Waals surface area contributed by atoms with Crippen molar-refractivity contribution in [2.45, 2.75) is 24.9 Å². The first kappa shape index (κ1) is 11.9. The number of amides is 1. The summed E-state index contributed by atoms with van der Waals surface area (Å²) in [6.45, 7) is 0. The van der Waals surface area contributed by atoms with E-state index in [9.17, 15) is 9.90 Å². The van der Waals surface area contributed by atoms with Crippen molar-refractivity contribution in [2.24, 2.45) is 0 Å². The maximum absolute atomic E-state index is 11.9. The number of nitrogens with one attached hydrogen (secondary N) is 2.